The van der Waals surface area contributed by atoms with E-state index in [1.165, 1.54) is 37.2 Å². The maximum atomic E-state index is 5.69. The van der Waals surface area contributed by atoms with E-state index >= 15 is 0 Å². The minimum absolute atomic E-state index is 0.771. The van der Waals surface area contributed by atoms with E-state index in [0.29, 0.717) is 0 Å². The van der Waals surface area contributed by atoms with E-state index in [1.54, 1.807) is 0 Å². The number of fused-ring (bicyclic) bond motifs is 1. The Kier molecular flexibility index (Phi) is 4.03. The third-order valence-corrected chi connectivity index (χ3v) is 4.21. The highest BCUT2D eigenvalue weighted by Crippen LogP contribution is 2.20. The lowest BCUT2D eigenvalue weighted by molar-refractivity contribution is 0.161. The van der Waals surface area contributed by atoms with Crippen LogP contribution in [0.5, 0.6) is 0 Å². The van der Waals surface area contributed by atoms with Crippen LogP contribution in [0.15, 0.2) is 24.5 Å². The van der Waals surface area contributed by atoms with Crippen molar-refractivity contribution in [2.75, 3.05) is 19.6 Å². The quantitative estimate of drug-likeness (QED) is 0.928. The van der Waals surface area contributed by atoms with Crippen molar-refractivity contribution in [3.05, 3.63) is 35.8 Å². The van der Waals surface area contributed by atoms with Gasteiger partial charge in [-0.15, -0.1) is 0 Å². The predicted molar refractivity (Wildman–Crippen MR) is 81.6 cm³/mol. The largest absolute Gasteiger partial charge is 0.330 e. The second-order valence-electron chi connectivity index (χ2n) is 6.02. The highest BCUT2D eigenvalue weighted by molar-refractivity contribution is 5.41. The van der Waals surface area contributed by atoms with Gasteiger partial charge in [-0.25, -0.2) is 4.98 Å². The summed E-state index contributed by atoms with van der Waals surface area (Å²) in [5.41, 5.74) is 9.17. The van der Waals surface area contributed by atoms with Crippen LogP contribution >= 0.6 is 0 Å². The molecular formula is C16H24N4. The molecule has 1 aliphatic heterocycles. The Morgan fingerprint density at radius 3 is 3.10 bits per heavy atom. The zero-order valence-corrected chi connectivity index (χ0v) is 12.3. The van der Waals surface area contributed by atoms with Crippen LogP contribution in [0.4, 0.5) is 0 Å². The number of aromatic nitrogens is 2. The van der Waals surface area contributed by atoms with Crippen LogP contribution in [0.1, 0.15) is 30.5 Å². The van der Waals surface area contributed by atoms with Crippen molar-refractivity contribution in [1.29, 1.82) is 0 Å². The monoisotopic (exact) mass is 272 g/mol. The summed E-state index contributed by atoms with van der Waals surface area (Å²) in [6.07, 6.45) is 8.07. The molecule has 0 aliphatic carbocycles. The van der Waals surface area contributed by atoms with Gasteiger partial charge in [0.05, 0.1) is 5.69 Å². The summed E-state index contributed by atoms with van der Waals surface area (Å²) in [4.78, 5) is 7.24. The standard InChI is InChI=1S/C16H24N4/c1-13-4-5-16-18-15(12-20(16)9-13)11-19-8-2-3-14(10-19)6-7-17/h4-5,9,12,14H,2-3,6-8,10-11,17H2,1H3. The van der Waals surface area contributed by atoms with E-state index < -0.39 is 0 Å². The fourth-order valence-electron chi connectivity index (χ4n) is 3.23. The van der Waals surface area contributed by atoms with Gasteiger partial charge >= 0.3 is 0 Å². The number of nitrogens with two attached hydrogens (primary N) is 1. The van der Waals surface area contributed by atoms with Gasteiger partial charge < -0.3 is 10.1 Å². The van der Waals surface area contributed by atoms with Crippen LogP contribution in [0.3, 0.4) is 0 Å². The average Bonchev–Trinajstić information content (AvgIpc) is 2.81. The first-order chi connectivity index (χ1) is 9.74. The van der Waals surface area contributed by atoms with Crippen molar-refractivity contribution in [3.8, 4) is 0 Å². The summed E-state index contributed by atoms with van der Waals surface area (Å²) in [7, 11) is 0. The number of imidazole rings is 1. The fourth-order valence-corrected chi connectivity index (χ4v) is 3.23. The molecule has 0 amide bonds. The van der Waals surface area contributed by atoms with E-state index in [4.69, 9.17) is 10.7 Å². The molecule has 0 aromatic carbocycles. The molecule has 1 aliphatic rings. The molecule has 4 nitrogen and oxygen atoms in total. The lowest BCUT2D eigenvalue weighted by Crippen LogP contribution is -2.35. The number of hydrogen-bond acceptors (Lipinski definition) is 3. The summed E-state index contributed by atoms with van der Waals surface area (Å²) >= 11 is 0. The Hall–Kier alpha value is -1.39. The Morgan fingerprint density at radius 2 is 2.25 bits per heavy atom. The molecule has 2 N–H and O–H groups in total. The Labute approximate surface area is 120 Å². The molecule has 3 rings (SSSR count). The molecule has 1 saturated heterocycles. The van der Waals surface area contributed by atoms with E-state index in [2.05, 4.69) is 40.8 Å². The zero-order chi connectivity index (χ0) is 13.9. The summed E-state index contributed by atoms with van der Waals surface area (Å²) in [6.45, 7) is 6.24. The van der Waals surface area contributed by atoms with E-state index in [0.717, 1.165) is 31.1 Å². The molecule has 20 heavy (non-hydrogen) atoms. The van der Waals surface area contributed by atoms with Crippen molar-refractivity contribution >= 4 is 5.65 Å². The lowest BCUT2D eigenvalue weighted by Gasteiger charge is -2.32. The van der Waals surface area contributed by atoms with Crippen molar-refractivity contribution in [2.24, 2.45) is 11.7 Å². The maximum Gasteiger partial charge on any atom is 0.137 e. The van der Waals surface area contributed by atoms with Crippen LogP contribution in [0.2, 0.25) is 0 Å². The maximum absolute atomic E-state index is 5.69. The first-order valence-electron chi connectivity index (χ1n) is 7.61. The van der Waals surface area contributed by atoms with Crippen molar-refractivity contribution in [2.45, 2.75) is 32.7 Å². The second-order valence-corrected chi connectivity index (χ2v) is 6.02. The van der Waals surface area contributed by atoms with Crippen LogP contribution in [0, 0.1) is 12.8 Å². The molecule has 1 fully saturated rings. The molecule has 1 unspecified atom stereocenters. The van der Waals surface area contributed by atoms with Gasteiger partial charge in [0.25, 0.3) is 0 Å². The summed E-state index contributed by atoms with van der Waals surface area (Å²) in [5, 5.41) is 0. The molecule has 1 atom stereocenters. The third-order valence-electron chi connectivity index (χ3n) is 4.21. The highest BCUT2D eigenvalue weighted by Gasteiger charge is 2.19. The van der Waals surface area contributed by atoms with E-state index in [9.17, 15) is 0 Å². The predicted octanol–water partition coefficient (Wildman–Crippen LogP) is 2.20. The molecule has 2 aromatic heterocycles. The molecule has 2 aromatic rings. The topological polar surface area (TPSA) is 46.6 Å². The molecule has 0 spiro atoms. The molecular weight excluding hydrogens is 248 g/mol. The van der Waals surface area contributed by atoms with Crippen molar-refractivity contribution < 1.29 is 0 Å². The molecule has 0 saturated carbocycles. The molecule has 4 heteroatoms. The number of piperidine rings is 1. The van der Waals surface area contributed by atoms with Gasteiger partial charge in [0, 0.05) is 25.5 Å². The first kappa shape index (κ1) is 13.6. The fraction of sp³-hybridized carbons (Fsp3) is 0.562. The Morgan fingerprint density at radius 1 is 1.35 bits per heavy atom. The first-order valence-corrected chi connectivity index (χ1v) is 7.61. The number of aryl methyl sites for hydroxylation is 1. The summed E-state index contributed by atoms with van der Waals surface area (Å²) < 4.78 is 2.13. The minimum atomic E-state index is 0.771. The second kappa shape index (κ2) is 5.94. The van der Waals surface area contributed by atoms with Gasteiger partial charge in [0.1, 0.15) is 5.65 Å². The number of nitrogens with zero attached hydrogens (tertiary/aromatic N) is 3. The zero-order valence-electron chi connectivity index (χ0n) is 12.3. The van der Waals surface area contributed by atoms with Gasteiger partial charge in [0.2, 0.25) is 0 Å². The number of pyridine rings is 1. The molecule has 0 radical (unpaired) electrons. The normalized spacial score (nSPS) is 20.6. The highest BCUT2D eigenvalue weighted by atomic mass is 15.1. The van der Waals surface area contributed by atoms with Gasteiger partial charge in [-0.3, -0.25) is 4.90 Å². The van der Waals surface area contributed by atoms with E-state index in [1.807, 2.05) is 0 Å². The van der Waals surface area contributed by atoms with Gasteiger partial charge in [0.15, 0.2) is 0 Å². The smallest absolute Gasteiger partial charge is 0.137 e. The van der Waals surface area contributed by atoms with Gasteiger partial charge in [-0.05, 0) is 56.8 Å². The number of rotatable bonds is 4. The molecule has 108 valence electrons. The Bertz CT molecular complexity index is 573. The van der Waals surface area contributed by atoms with Crippen molar-refractivity contribution in [3.63, 3.8) is 0 Å². The Balaban J connectivity index is 1.69. The average molecular weight is 272 g/mol. The van der Waals surface area contributed by atoms with Crippen LogP contribution < -0.4 is 5.73 Å². The molecule has 0 bridgehead atoms. The van der Waals surface area contributed by atoms with Crippen LogP contribution in [0.25, 0.3) is 5.65 Å². The summed E-state index contributed by atoms with van der Waals surface area (Å²) in [5.74, 6) is 0.771. The SMILES string of the molecule is Cc1ccc2nc(CN3CCCC(CCN)C3)cn2c1. The van der Waals surface area contributed by atoms with Crippen LogP contribution in [-0.4, -0.2) is 33.9 Å². The number of likely N-dealkylation sites (tertiary alicyclic amines) is 1. The van der Waals surface area contributed by atoms with E-state index in [-0.39, 0.29) is 0 Å². The summed E-state index contributed by atoms with van der Waals surface area (Å²) in [6, 6.07) is 4.20. The third kappa shape index (κ3) is 3.02. The molecule has 3 heterocycles. The lowest BCUT2D eigenvalue weighted by atomic mass is 9.95. The number of hydrogen-bond donors (Lipinski definition) is 1. The minimum Gasteiger partial charge on any atom is -0.330 e. The van der Waals surface area contributed by atoms with Crippen LogP contribution in [-0.2, 0) is 6.54 Å². The van der Waals surface area contributed by atoms with Crippen molar-refractivity contribution in [1.82, 2.24) is 14.3 Å². The van der Waals surface area contributed by atoms with Gasteiger partial charge in [-0.1, -0.05) is 6.07 Å². The van der Waals surface area contributed by atoms with Gasteiger partial charge in [-0.2, -0.15) is 0 Å².